The molecule has 0 aliphatic rings. The molecule has 0 saturated heterocycles. The van der Waals surface area contributed by atoms with Crippen LogP contribution in [0.2, 0.25) is 0 Å². The van der Waals surface area contributed by atoms with Gasteiger partial charge in [0.1, 0.15) is 0 Å². The van der Waals surface area contributed by atoms with Gasteiger partial charge in [0.15, 0.2) is 0 Å². The average molecular weight is 277 g/mol. The first-order valence-corrected chi connectivity index (χ1v) is 7.74. The highest BCUT2D eigenvalue weighted by molar-refractivity contribution is 5.18. The van der Waals surface area contributed by atoms with Gasteiger partial charge in [-0.2, -0.15) is 0 Å². The van der Waals surface area contributed by atoms with Gasteiger partial charge in [-0.3, -0.25) is 0 Å². The van der Waals surface area contributed by atoms with Gasteiger partial charge in [0, 0.05) is 23.7 Å². The second kappa shape index (κ2) is 7.15. The first-order valence-electron chi connectivity index (χ1n) is 7.74. The highest BCUT2D eigenvalue weighted by Gasteiger charge is 2.41. The molecule has 20 heavy (non-hydrogen) atoms. The molecule has 0 bridgehead atoms. The molecule has 0 aromatic rings. The SMILES string of the molecule is C=CCC(C)/C(=C\CC)N(C)C(C)(C)C(C)(C)C(=C)C. The van der Waals surface area contributed by atoms with Crippen LogP contribution in [0.3, 0.4) is 0 Å². The minimum atomic E-state index is 0.00919. The van der Waals surface area contributed by atoms with E-state index in [1.807, 2.05) is 6.08 Å². The molecule has 0 spiro atoms. The molecular weight excluding hydrogens is 242 g/mol. The Bertz CT molecular complexity index is 371. The van der Waals surface area contributed by atoms with Crippen LogP contribution >= 0.6 is 0 Å². The Balaban J connectivity index is 5.56. The molecule has 0 radical (unpaired) electrons. The maximum absolute atomic E-state index is 4.20. The van der Waals surface area contributed by atoms with Crippen LogP contribution in [0, 0.1) is 11.3 Å². The molecular formula is C19H35N. The van der Waals surface area contributed by atoms with E-state index in [0.29, 0.717) is 5.92 Å². The predicted molar refractivity (Wildman–Crippen MR) is 92.8 cm³/mol. The standard InChI is InChI=1S/C19H35N/c1-11-13-16(5)17(14-12-2)20(10)19(8,9)18(6,7)15(3)4/h11,14,16H,1,3,12-13H2,2,4-10H3/b17-14+. The highest BCUT2D eigenvalue weighted by Crippen LogP contribution is 2.43. The molecule has 0 aromatic heterocycles. The third kappa shape index (κ3) is 3.77. The van der Waals surface area contributed by atoms with Crippen molar-refractivity contribution >= 4 is 0 Å². The fourth-order valence-corrected chi connectivity index (χ4v) is 2.51. The summed E-state index contributed by atoms with van der Waals surface area (Å²) in [6.45, 7) is 23.9. The molecule has 0 fully saturated rings. The summed E-state index contributed by atoms with van der Waals surface area (Å²) >= 11 is 0. The van der Waals surface area contributed by atoms with Crippen LogP contribution in [0.5, 0.6) is 0 Å². The Morgan fingerprint density at radius 3 is 2.10 bits per heavy atom. The van der Waals surface area contributed by atoms with Crippen molar-refractivity contribution in [3.8, 4) is 0 Å². The van der Waals surface area contributed by atoms with E-state index in [-0.39, 0.29) is 11.0 Å². The molecule has 1 unspecified atom stereocenters. The third-order valence-electron chi connectivity index (χ3n) is 5.26. The van der Waals surface area contributed by atoms with Crippen LogP contribution in [-0.2, 0) is 0 Å². The van der Waals surface area contributed by atoms with Crippen molar-refractivity contribution < 1.29 is 0 Å². The van der Waals surface area contributed by atoms with E-state index >= 15 is 0 Å². The fourth-order valence-electron chi connectivity index (χ4n) is 2.51. The zero-order valence-electron chi connectivity index (χ0n) is 15.0. The van der Waals surface area contributed by atoms with Crippen molar-refractivity contribution in [2.24, 2.45) is 11.3 Å². The Morgan fingerprint density at radius 1 is 1.25 bits per heavy atom. The zero-order chi connectivity index (χ0) is 16.1. The Kier molecular flexibility index (Phi) is 6.80. The third-order valence-corrected chi connectivity index (χ3v) is 5.26. The predicted octanol–water partition coefficient (Wildman–Crippen LogP) is 5.81. The zero-order valence-corrected chi connectivity index (χ0v) is 15.0. The molecule has 0 aliphatic carbocycles. The normalized spacial score (nSPS) is 14.9. The summed E-state index contributed by atoms with van der Waals surface area (Å²) in [5.41, 5.74) is 2.69. The maximum atomic E-state index is 4.20. The van der Waals surface area contributed by atoms with Crippen LogP contribution in [0.1, 0.15) is 61.3 Å². The maximum Gasteiger partial charge on any atom is 0.0427 e. The smallest absolute Gasteiger partial charge is 0.0427 e. The van der Waals surface area contributed by atoms with Crippen LogP contribution in [0.15, 0.2) is 36.6 Å². The Morgan fingerprint density at radius 2 is 1.75 bits per heavy atom. The molecule has 0 aromatic carbocycles. The summed E-state index contributed by atoms with van der Waals surface area (Å²) in [6, 6.07) is 0. The number of nitrogens with zero attached hydrogens (tertiary/aromatic N) is 1. The van der Waals surface area contributed by atoms with E-state index in [0.717, 1.165) is 12.8 Å². The lowest BCUT2D eigenvalue weighted by Crippen LogP contribution is -2.52. The largest absolute Gasteiger partial charge is 0.372 e. The molecule has 116 valence electrons. The molecule has 0 heterocycles. The average Bonchev–Trinajstić information content (AvgIpc) is 2.34. The van der Waals surface area contributed by atoms with Crippen molar-refractivity contribution in [1.82, 2.24) is 4.90 Å². The molecule has 0 saturated carbocycles. The summed E-state index contributed by atoms with van der Waals surface area (Å²) in [5, 5.41) is 0. The minimum Gasteiger partial charge on any atom is -0.372 e. The second-order valence-corrected chi connectivity index (χ2v) is 6.99. The molecule has 0 amide bonds. The Hall–Kier alpha value is -0.980. The van der Waals surface area contributed by atoms with E-state index in [1.165, 1.54) is 11.3 Å². The summed E-state index contributed by atoms with van der Waals surface area (Å²) in [5.74, 6) is 0.498. The van der Waals surface area contributed by atoms with E-state index in [4.69, 9.17) is 0 Å². The van der Waals surface area contributed by atoms with E-state index in [2.05, 4.69) is 79.6 Å². The van der Waals surface area contributed by atoms with Crippen LogP contribution in [0.25, 0.3) is 0 Å². The summed E-state index contributed by atoms with van der Waals surface area (Å²) in [4.78, 5) is 2.44. The summed E-state index contributed by atoms with van der Waals surface area (Å²) < 4.78 is 0. The van der Waals surface area contributed by atoms with Gasteiger partial charge in [-0.25, -0.2) is 0 Å². The van der Waals surface area contributed by atoms with E-state index in [9.17, 15) is 0 Å². The van der Waals surface area contributed by atoms with Crippen LogP contribution in [-0.4, -0.2) is 17.5 Å². The van der Waals surface area contributed by atoms with Crippen molar-refractivity contribution in [3.05, 3.63) is 36.6 Å². The molecule has 0 aliphatic heterocycles. The van der Waals surface area contributed by atoms with Gasteiger partial charge >= 0.3 is 0 Å². The first-order chi connectivity index (χ1) is 9.03. The minimum absolute atomic E-state index is 0.00919. The lowest BCUT2D eigenvalue weighted by Gasteiger charge is -2.51. The van der Waals surface area contributed by atoms with Gasteiger partial charge in [-0.05, 0) is 39.5 Å². The quantitative estimate of drug-likeness (QED) is 0.506. The number of allylic oxidation sites excluding steroid dienone is 3. The van der Waals surface area contributed by atoms with Gasteiger partial charge in [-0.1, -0.05) is 52.0 Å². The van der Waals surface area contributed by atoms with E-state index in [1.54, 1.807) is 0 Å². The molecule has 1 atom stereocenters. The van der Waals surface area contributed by atoms with Crippen molar-refractivity contribution in [2.75, 3.05) is 7.05 Å². The number of rotatable bonds is 8. The van der Waals surface area contributed by atoms with Crippen LogP contribution < -0.4 is 0 Å². The summed E-state index contributed by atoms with van der Waals surface area (Å²) in [7, 11) is 2.21. The van der Waals surface area contributed by atoms with Gasteiger partial charge in [0.2, 0.25) is 0 Å². The van der Waals surface area contributed by atoms with Crippen molar-refractivity contribution in [1.29, 1.82) is 0 Å². The first kappa shape index (κ1) is 19.0. The second-order valence-electron chi connectivity index (χ2n) is 6.99. The van der Waals surface area contributed by atoms with Crippen molar-refractivity contribution in [2.45, 2.75) is 66.8 Å². The Labute approximate surface area is 127 Å². The lowest BCUT2D eigenvalue weighted by atomic mass is 9.69. The summed E-state index contributed by atoms with van der Waals surface area (Å²) in [6.07, 6.45) is 6.44. The highest BCUT2D eigenvalue weighted by atomic mass is 15.2. The van der Waals surface area contributed by atoms with Crippen molar-refractivity contribution in [3.63, 3.8) is 0 Å². The lowest BCUT2D eigenvalue weighted by molar-refractivity contribution is 0.0749. The van der Waals surface area contributed by atoms with Gasteiger partial charge in [0.05, 0.1) is 0 Å². The van der Waals surface area contributed by atoms with Gasteiger partial charge in [-0.15, -0.1) is 6.58 Å². The fraction of sp³-hybridized carbons (Fsp3) is 0.684. The molecule has 1 nitrogen and oxygen atoms in total. The van der Waals surface area contributed by atoms with Gasteiger partial charge in [0.25, 0.3) is 0 Å². The van der Waals surface area contributed by atoms with E-state index < -0.39 is 0 Å². The number of hydrogen-bond acceptors (Lipinski definition) is 1. The molecule has 1 heteroatoms. The molecule has 0 rings (SSSR count). The van der Waals surface area contributed by atoms with Gasteiger partial charge < -0.3 is 4.90 Å². The van der Waals surface area contributed by atoms with Crippen LogP contribution in [0.4, 0.5) is 0 Å². The molecule has 0 N–H and O–H groups in total. The topological polar surface area (TPSA) is 3.24 Å². The monoisotopic (exact) mass is 277 g/mol. The number of hydrogen-bond donors (Lipinski definition) is 0.